The van der Waals surface area contributed by atoms with E-state index < -0.39 is 0 Å². The fraction of sp³-hybridized carbons (Fsp3) is 0.188. The summed E-state index contributed by atoms with van der Waals surface area (Å²) < 4.78 is 5.53. The molecule has 0 aromatic heterocycles. The molecule has 0 aliphatic carbocycles. The van der Waals surface area contributed by atoms with E-state index in [-0.39, 0.29) is 12.5 Å². The minimum Gasteiger partial charge on any atom is -0.483 e. The molecule has 0 fully saturated rings. The Kier molecular flexibility index (Phi) is 5.00. The highest BCUT2D eigenvalue weighted by atomic mass is 16.5. The summed E-state index contributed by atoms with van der Waals surface area (Å²) in [6.07, 6.45) is 0.875. The van der Waals surface area contributed by atoms with Crippen molar-refractivity contribution in [1.29, 1.82) is 0 Å². The van der Waals surface area contributed by atoms with Gasteiger partial charge in [-0.15, -0.1) is 0 Å². The van der Waals surface area contributed by atoms with Crippen molar-refractivity contribution in [3.8, 4) is 5.75 Å². The fourth-order valence-corrected chi connectivity index (χ4v) is 1.78. The Morgan fingerprint density at radius 3 is 2.50 bits per heavy atom. The molecule has 0 aliphatic rings. The first-order valence-electron chi connectivity index (χ1n) is 6.60. The smallest absolute Gasteiger partial charge is 0.276 e. The predicted octanol–water partition coefficient (Wildman–Crippen LogP) is 2.77. The van der Waals surface area contributed by atoms with Gasteiger partial charge < -0.3 is 4.74 Å². The fourth-order valence-electron chi connectivity index (χ4n) is 1.78. The normalized spacial score (nSPS) is 9.85. The zero-order valence-electron chi connectivity index (χ0n) is 11.4. The van der Waals surface area contributed by atoms with E-state index in [0.29, 0.717) is 0 Å². The molecule has 2 aromatic rings. The summed E-state index contributed by atoms with van der Waals surface area (Å²) in [5, 5.41) is 0. The third-order valence-electron chi connectivity index (χ3n) is 2.83. The Labute approximate surface area is 118 Å². The first kappa shape index (κ1) is 13.9. The molecule has 2 N–H and O–H groups in total. The molecule has 0 radical (unpaired) electrons. The molecule has 20 heavy (non-hydrogen) atoms. The van der Waals surface area contributed by atoms with Crippen LogP contribution in [0.2, 0.25) is 0 Å². The number of carbonyl (C=O) groups is 1. The minimum atomic E-state index is -0.222. The number of hydrogen-bond donors (Lipinski definition) is 2. The van der Waals surface area contributed by atoms with Gasteiger partial charge in [0.2, 0.25) is 0 Å². The van der Waals surface area contributed by atoms with Gasteiger partial charge in [0.1, 0.15) is 5.75 Å². The molecule has 4 nitrogen and oxygen atoms in total. The van der Waals surface area contributed by atoms with Gasteiger partial charge in [-0.05, 0) is 30.2 Å². The average Bonchev–Trinajstić information content (AvgIpc) is 2.52. The summed E-state index contributed by atoms with van der Waals surface area (Å²) in [5.74, 6) is 0.532. The topological polar surface area (TPSA) is 50.4 Å². The molecule has 0 saturated carbocycles. The Balaban J connectivity index is 1.80. The van der Waals surface area contributed by atoms with E-state index in [1.54, 1.807) is 0 Å². The summed E-state index contributed by atoms with van der Waals surface area (Å²) in [5.41, 5.74) is 7.34. The molecule has 1 amide bonds. The molecule has 4 heteroatoms. The van der Waals surface area contributed by atoms with Crippen LogP contribution >= 0.6 is 0 Å². The molecule has 2 aromatic carbocycles. The van der Waals surface area contributed by atoms with Gasteiger partial charge >= 0.3 is 0 Å². The number of benzene rings is 2. The van der Waals surface area contributed by atoms with E-state index in [2.05, 4.69) is 17.8 Å². The van der Waals surface area contributed by atoms with Gasteiger partial charge in [-0.3, -0.25) is 15.6 Å². The van der Waals surface area contributed by atoms with Gasteiger partial charge in [-0.25, -0.2) is 0 Å². The van der Waals surface area contributed by atoms with Crippen molar-refractivity contribution in [1.82, 2.24) is 5.43 Å². The zero-order chi connectivity index (χ0) is 14.2. The maximum Gasteiger partial charge on any atom is 0.276 e. The Morgan fingerprint density at radius 1 is 1.05 bits per heavy atom. The van der Waals surface area contributed by atoms with Crippen molar-refractivity contribution in [3.05, 3.63) is 60.2 Å². The molecule has 2 rings (SSSR count). The molecule has 0 unspecified atom stereocenters. The van der Waals surface area contributed by atoms with Gasteiger partial charge in [0.15, 0.2) is 6.61 Å². The highest BCUT2D eigenvalue weighted by Gasteiger charge is 2.05. The Hall–Kier alpha value is -2.49. The van der Waals surface area contributed by atoms with Crippen LogP contribution in [-0.2, 0) is 11.2 Å². The van der Waals surface area contributed by atoms with E-state index >= 15 is 0 Å². The van der Waals surface area contributed by atoms with Gasteiger partial charge in [0, 0.05) is 0 Å². The van der Waals surface area contributed by atoms with E-state index in [4.69, 9.17) is 4.74 Å². The Bertz CT molecular complexity index is 555. The number of rotatable bonds is 6. The van der Waals surface area contributed by atoms with Crippen molar-refractivity contribution < 1.29 is 9.53 Å². The third-order valence-corrected chi connectivity index (χ3v) is 2.83. The standard InChI is InChI=1S/C16H18N2O2/c1-2-13-8-6-7-11-15(13)20-12-16(19)18-17-14-9-4-3-5-10-14/h3-11,17H,2,12H2,1H3,(H,18,19). The number of hydrazine groups is 1. The van der Waals surface area contributed by atoms with Crippen LogP contribution in [0, 0.1) is 0 Å². The van der Waals surface area contributed by atoms with Crippen LogP contribution in [0.1, 0.15) is 12.5 Å². The second-order valence-corrected chi connectivity index (χ2v) is 4.29. The maximum atomic E-state index is 11.7. The predicted molar refractivity (Wildman–Crippen MR) is 79.5 cm³/mol. The van der Waals surface area contributed by atoms with Crippen molar-refractivity contribution in [3.63, 3.8) is 0 Å². The summed E-state index contributed by atoms with van der Waals surface area (Å²) in [4.78, 5) is 11.7. The summed E-state index contributed by atoms with van der Waals surface area (Å²) in [6, 6.07) is 17.2. The van der Waals surface area contributed by atoms with E-state index in [0.717, 1.165) is 23.4 Å². The summed E-state index contributed by atoms with van der Waals surface area (Å²) in [7, 11) is 0. The second-order valence-electron chi connectivity index (χ2n) is 4.29. The molecule has 104 valence electrons. The third kappa shape index (κ3) is 4.02. The average molecular weight is 270 g/mol. The first-order valence-corrected chi connectivity index (χ1v) is 6.60. The van der Waals surface area contributed by atoms with Crippen LogP contribution in [0.3, 0.4) is 0 Å². The van der Waals surface area contributed by atoms with Crippen LogP contribution in [-0.4, -0.2) is 12.5 Å². The SMILES string of the molecule is CCc1ccccc1OCC(=O)NNc1ccccc1. The number of aryl methyl sites for hydroxylation is 1. The van der Waals surface area contributed by atoms with E-state index in [9.17, 15) is 4.79 Å². The lowest BCUT2D eigenvalue weighted by Crippen LogP contribution is -2.33. The number of hydrogen-bond acceptors (Lipinski definition) is 3. The number of anilines is 1. The lowest BCUT2D eigenvalue weighted by molar-refractivity contribution is -0.122. The summed E-state index contributed by atoms with van der Waals surface area (Å²) >= 11 is 0. The van der Waals surface area contributed by atoms with Crippen molar-refractivity contribution in [2.24, 2.45) is 0 Å². The minimum absolute atomic E-state index is 0.0170. The molecule has 0 bridgehead atoms. The summed E-state index contributed by atoms with van der Waals surface area (Å²) in [6.45, 7) is 2.04. The first-order chi connectivity index (χ1) is 9.79. The maximum absolute atomic E-state index is 11.7. The van der Waals surface area contributed by atoms with Crippen molar-refractivity contribution in [2.45, 2.75) is 13.3 Å². The van der Waals surface area contributed by atoms with E-state index in [1.165, 1.54) is 0 Å². The van der Waals surface area contributed by atoms with E-state index in [1.807, 2.05) is 54.6 Å². The lowest BCUT2D eigenvalue weighted by atomic mass is 10.1. The molecule has 0 spiro atoms. The zero-order valence-corrected chi connectivity index (χ0v) is 11.4. The van der Waals surface area contributed by atoms with Crippen LogP contribution < -0.4 is 15.6 Å². The van der Waals surface area contributed by atoms with Gasteiger partial charge in [-0.1, -0.05) is 43.3 Å². The number of amides is 1. The molecule has 0 heterocycles. The molecular formula is C16H18N2O2. The van der Waals surface area contributed by atoms with Gasteiger partial charge in [-0.2, -0.15) is 0 Å². The van der Waals surface area contributed by atoms with Crippen LogP contribution in [0.5, 0.6) is 5.75 Å². The quantitative estimate of drug-likeness (QED) is 0.794. The van der Waals surface area contributed by atoms with Gasteiger partial charge in [0.25, 0.3) is 5.91 Å². The highest BCUT2D eigenvalue weighted by Crippen LogP contribution is 2.17. The Morgan fingerprint density at radius 2 is 1.75 bits per heavy atom. The van der Waals surface area contributed by atoms with Crippen molar-refractivity contribution >= 4 is 11.6 Å². The number of carbonyl (C=O) groups excluding carboxylic acids is 1. The van der Waals surface area contributed by atoms with Crippen molar-refractivity contribution in [2.75, 3.05) is 12.0 Å². The second kappa shape index (κ2) is 7.19. The van der Waals surface area contributed by atoms with Crippen LogP contribution in [0.25, 0.3) is 0 Å². The highest BCUT2D eigenvalue weighted by molar-refractivity contribution is 5.78. The molecule has 0 saturated heterocycles. The number of ether oxygens (including phenoxy) is 1. The monoisotopic (exact) mass is 270 g/mol. The van der Waals surface area contributed by atoms with Gasteiger partial charge in [0.05, 0.1) is 5.69 Å². The number of nitrogens with one attached hydrogen (secondary N) is 2. The molecular weight excluding hydrogens is 252 g/mol. The molecule has 0 aliphatic heterocycles. The van der Waals surface area contributed by atoms with Crippen LogP contribution in [0.15, 0.2) is 54.6 Å². The lowest BCUT2D eigenvalue weighted by Gasteiger charge is -2.11. The number of para-hydroxylation sites is 2. The molecule has 0 atom stereocenters. The largest absolute Gasteiger partial charge is 0.483 e. The van der Waals surface area contributed by atoms with Crippen LogP contribution in [0.4, 0.5) is 5.69 Å².